The molecule has 1 aliphatic heterocycles. The summed E-state index contributed by atoms with van der Waals surface area (Å²) in [6.07, 6.45) is 6.89. The van der Waals surface area contributed by atoms with Gasteiger partial charge in [-0.1, -0.05) is 25.1 Å². The van der Waals surface area contributed by atoms with E-state index in [1.807, 2.05) is 50.2 Å². The highest BCUT2D eigenvalue weighted by Crippen LogP contribution is 2.38. The second-order valence-electron chi connectivity index (χ2n) is 9.89. The lowest BCUT2D eigenvalue weighted by Crippen LogP contribution is -2.21. The van der Waals surface area contributed by atoms with Crippen LogP contribution in [-0.4, -0.2) is 20.0 Å². The van der Waals surface area contributed by atoms with Crippen LogP contribution in [0.2, 0.25) is 0 Å². The summed E-state index contributed by atoms with van der Waals surface area (Å²) in [5, 5.41) is 12.4. The summed E-state index contributed by atoms with van der Waals surface area (Å²) in [6.45, 7) is 5.90. The highest BCUT2D eigenvalue weighted by Gasteiger charge is 2.28. The van der Waals surface area contributed by atoms with Gasteiger partial charge in [-0.15, -0.1) is 0 Å². The first-order valence-electron chi connectivity index (χ1n) is 11.7. The minimum absolute atomic E-state index is 0.0487. The van der Waals surface area contributed by atoms with E-state index >= 15 is 0 Å². The highest BCUT2D eigenvalue weighted by atomic mass is 16.2. The number of imidazole rings is 1. The van der Waals surface area contributed by atoms with Crippen molar-refractivity contribution in [1.82, 2.24) is 19.4 Å². The van der Waals surface area contributed by atoms with Crippen LogP contribution in [0, 0.1) is 17.2 Å². The molecular weight excluding hydrogens is 438 g/mol. The molecule has 0 bridgehead atoms. The second kappa shape index (κ2) is 8.24. The van der Waals surface area contributed by atoms with Gasteiger partial charge in [-0.25, -0.2) is 4.79 Å². The number of aryl methyl sites for hydroxylation is 1. The van der Waals surface area contributed by atoms with Crippen LogP contribution < -0.4 is 11.0 Å². The number of rotatable bonds is 4. The number of nitrogens with zero attached hydrogens (tertiary/aromatic N) is 4. The Morgan fingerprint density at radius 2 is 1.91 bits per heavy atom. The third-order valence-electron chi connectivity index (χ3n) is 6.93. The summed E-state index contributed by atoms with van der Waals surface area (Å²) in [6, 6.07) is 13.8. The van der Waals surface area contributed by atoms with Crippen molar-refractivity contribution in [1.29, 1.82) is 5.26 Å². The number of amides is 1. The van der Waals surface area contributed by atoms with Gasteiger partial charge in [-0.2, -0.15) is 5.26 Å². The van der Waals surface area contributed by atoms with Crippen LogP contribution in [0.4, 0.5) is 0 Å². The number of aromatic nitrogens is 3. The van der Waals surface area contributed by atoms with E-state index in [2.05, 4.69) is 29.4 Å². The molecule has 1 atom stereocenters. The minimum Gasteiger partial charge on any atom is -0.329 e. The Kier molecular flexibility index (Phi) is 5.32. The molecule has 176 valence electrons. The number of carbonyl (C=O) groups excluding carboxylic acids is 1. The molecule has 35 heavy (non-hydrogen) atoms. The lowest BCUT2D eigenvalue weighted by atomic mass is 9.84. The van der Waals surface area contributed by atoms with Crippen LogP contribution in [0.15, 0.2) is 70.9 Å². The lowest BCUT2D eigenvalue weighted by Gasteiger charge is -2.22. The molecule has 3 heterocycles. The lowest BCUT2D eigenvalue weighted by molar-refractivity contribution is -0.118. The van der Waals surface area contributed by atoms with E-state index in [0.717, 1.165) is 34.4 Å². The summed E-state index contributed by atoms with van der Waals surface area (Å²) in [5.74, 6) is 0.295. The van der Waals surface area contributed by atoms with Crippen LogP contribution in [0.25, 0.3) is 22.6 Å². The fraction of sp³-hybridized carbons (Fsp3) is 0.286. The average molecular weight is 466 g/mol. The van der Waals surface area contributed by atoms with Gasteiger partial charge in [0.15, 0.2) is 0 Å². The molecule has 0 radical (unpaired) electrons. The molecule has 7 heteroatoms. The first-order valence-corrected chi connectivity index (χ1v) is 11.7. The summed E-state index contributed by atoms with van der Waals surface area (Å²) in [5.41, 5.74) is 6.47. The Balaban J connectivity index is 1.57. The Morgan fingerprint density at radius 3 is 2.63 bits per heavy atom. The standard InChI is InChI=1S/C28H27N5O2/c1-17-11-23-19(14-26(34)31-23)12-22(17)18-9-10-30-24(13-18)25-15-32(4)27(35)33(25)21-7-5-20(6-8-21)28(2,3)16-29/h5-10,12-13,15,17H,11,14H2,1-4H3,(H,31,34). The zero-order valence-corrected chi connectivity index (χ0v) is 20.3. The minimum atomic E-state index is -0.613. The molecule has 0 saturated heterocycles. The maximum Gasteiger partial charge on any atom is 0.333 e. The molecule has 7 nitrogen and oxygen atoms in total. The van der Waals surface area contributed by atoms with Crippen LogP contribution in [0.5, 0.6) is 0 Å². The van der Waals surface area contributed by atoms with Gasteiger partial charge >= 0.3 is 5.69 Å². The Labute approximate surface area is 204 Å². The molecule has 1 unspecified atom stereocenters. The van der Waals surface area contributed by atoms with Crippen LogP contribution in [-0.2, 0) is 17.3 Å². The maximum absolute atomic E-state index is 13.1. The van der Waals surface area contributed by atoms with Gasteiger partial charge in [0.1, 0.15) is 0 Å². The molecule has 1 aliphatic carbocycles. The van der Waals surface area contributed by atoms with Gasteiger partial charge in [0.05, 0.1) is 35.0 Å². The average Bonchev–Trinajstić information content (AvgIpc) is 3.36. The Bertz CT molecular complexity index is 1510. The molecule has 5 rings (SSSR count). The number of hydrogen-bond acceptors (Lipinski definition) is 4. The van der Waals surface area contributed by atoms with Gasteiger partial charge in [0.2, 0.25) is 5.91 Å². The summed E-state index contributed by atoms with van der Waals surface area (Å²) >= 11 is 0. The van der Waals surface area contributed by atoms with E-state index in [1.54, 1.807) is 28.6 Å². The van der Waals surface area contributed by atoms with E-state index in [1.165, 1.54) is 0 Å². The smallest absolute Gasteiger partial charge is 0.329 e. The van der Waals surface area contributed by atoms with Crippen molar-refractivity contribution in [2.45, 2.75) is 39.0 Å². The molecule has 3 aromatic rings. The van der Waals surface area contributed by atoms with Crippen LogP contribution in [0.1, 0.15) is 44.7 Å². The van der Waals surface area contributed by atoms with Crippen molar-refractivity contribution in [2.24, 2.45) is 13.0 Å². The zero-order chi connectivity index (χ0) is 24.9. The number of allylic oxidation sites excluding steroid dienone is 3. The molecule has 1 N–H and O–H groups in total. The first kappa shape index (κ1) is 22.6. The fourth-order valence-electron chi connectivity index (χ4n) is 4.84. The Morgan fingerprint density at radius 1 is 1.17 bits per heavy atom. The normalized spacial score (nSPS) is 17.6. The van der Waals surface area contributed by atoms with Crippen LogP contribution in [0.3, 0.4) is 0 Å². The predicted octanol–water partition coefficient (Wildman–Crippen LogP) is 4.24. The number of nitriles is 1. The molecule has 1 amide bonds. The van der Waals surface area contributed by atoms with Gasteiger partial charge in [-0.3, -0.25) is 14.3 Å². The number of nitrogens with one attached hydrogen (secondary N) is 1. The molecule has 0 spiro atoms. The third kappa shape index (κ3) is 3.91. The Hall–Kier alpha value is -4.18. The van der Waals surface area contributed by atoms with Gasteiger partial charge in [0.25, 0.3) is 0 Å². The fourth-order valence-corrected chi connectivity index (χ4v) is 4.84. The van der Waals surface area contributed by atoms with Gasteiger partial charge < -0.3 is 9.88 Å². The number of hydrogen-bond donors (Lipinski definition) is 1. The predicted molar refractivity (Wildman–Crippen MR) is 134 cm³/mol. The van der Waals surface area contributed by atoms with Crippen molar-refractivity contribution < 1.29 is 4.79 Å². The van der Waals surface area contributed by atoms with E-state index < -0.39 is 5.41 Å². The quantitative estimate of drug-likeness (QED) is 0.624. The maximum atomic E-state index is 13.1. The first-order chi connectivity index (χ1) is 16.7. The SMILES string of the molecule is CC1CC2=C(C=C1c1ccnc(-c3cn(C)c(=O)n3-c3ccc(C(C)(C)C#N)cc3)c1)CC(=O)N2. The topological polar surface area (TPSA) is 92.7 Å². The molecule has 1 aromatic carbocycles. The molecule has 2 aliphatic rings. The number of benzene rings is 1. The summed E-state index contributed by atoms with van der Waals surface area (Å²) in [7, 11) is 1.73. The van der Waals surface area contributed by atoms with Crippen molar-refractivity contribution in [3.63, 3.8) is 0 Å². The number of pyridine rings is 1. The molecule has 2 aromatic heterocycles. The molecule has 0 saturated carbocycles. The number of carbonyl (C=O) groups is 1. The largest absolute Gasteiger partial charge is 0.333 e. The van der Waals surface area contributed by atoms with E-state index in [-0.39, 0.29) is 17.5 Å². The van der Waals surface area contributed by atoms with Crippen molar-refractivity contribution in [3.8, 4) is 23.1 Å². The monoisotopic (exact) mass is 465 g/mol. The molecular formula is C28H27N5O2. The van der Waals surface area contributed by atoms with E-state index in [0.29, 0.717) is 23.5 Å². The summed E-state index contributed by atoms with van der Waals surface area (Å²) < 4.78 is 3.19. The zero-order valence-electron chi connectivity index (χ0n) is 20.3. The van der Waals surface area contributed by atoms with Crippen molar-refractivity contribution >= 4 is 11.5 Å². The van der Waals surface area contributed by atoms with E-state index in [4.69, 9.17) is 0 Å². The van der Waals surface area contributed by atoms with Crippen molar-refractivity contribution in [3.05, 3.63) is 87.7 Å². The van der Waals surface area contributed by atoms with Crippen LogP contribution >= 0.6 is 0 Å². The summed E-state index contributed by atoms with van der Waals surface area (Å²) in [4.78, 5) is 29.5. The highest BCUT2D eigenvalue weighted by molar-refractivity contribution is 5.88. The third-order valence-corrected chi connectivity index (χ3v) is 6.93. The van der Waals surface area contributed by atoms with Gasteiger partial charge in [0, 0.05) is 25.1 Å². The van der Waals surface area contributed by atoms with E-state index in [9.17, 15) is 14.9 Å². The molecule has 0 fully saturated rings. The van der Waals surface area contributed by atoms with Gasteiger partial charge in [-0.05, 0) is 72.7 Å². The van der Waals surface area contributed by atoms with Crippen molar-refractivity contribution in [2.75, 3.05) is 0 Å². The second-order valence-corrected chi connectivity index (χ2v) is 9.89.